The van der Waals surface area contributed by atoms with Gasteiger partial charge in [0, 0.05) is 18.6 Å². The first-order valence-corrected chi connectivity index (χ1v) is 5.87. The fourth-order valence-corrected chi connectivity index (χ4v) is 2.12. The van der Waals surface area contributed by atoms with Gasteiger partial charge in [-0.05, 0) is 31.9 Å². The van der Waals surface area contributed by atoms with Crippen molar-refractivity contribution in [1.82, 2.24) is 14.5 Å². The Balaban J connectivity index is 2.00. The summed E-state index contributed by atoms with van der Waals surface area (Å²) in [6.45, 7) is 2.03. The van der Waals surface area contributed by atoms with Crippen LogP contribution in [0.2, 0.25) is 0 Å². The van der Waals surface area contributed by atoms with E-state index in [2.05, 4.69) is 9.97 Å². The van der Waals surface area contributed by atoms with Crippen LogP contribution < -0.4 is 0 Å². The van der Waals surface area contributed by atoms with Gasteiger partial charge in [-0.25, -0.2) is 4.98 Å². The molecule has 0 saturated heterocycles. The highest BCUT2D eigenvalue weighted by Gasteiger charge is 2.46. The van der Waals surface area contributed by atoms with Crippen LogP contribution in [0.4, 0.5) is 0 Å². The van der Waals surface area contributed by atoms with E-state index < -0.39 is 5.60 Å². The normalized spacial score (nSPS) is 18.9. The number of imidazole rings is 1. The Bertz CT molecular complexity index is 516. The van der Waals surface area contributed by atoms with Gasteiger partial charge in [0.15, 0.2) is 5.82 Å². The zero-order valence-corrected chi connectivity index (χ0v) is 9.74. The highest BCUT2D eigenvalue weighted by molar-refractivity contribution is 5.49. The van der Waals surface area contributed by atoms with Gasteiger partial charge in [0.1, 0.15) is 5.69 Å². The Labute approximate surface area is 100.0 Å². The summed E-state index contributed by atoms with van der Waals surface area (Å²) in [5.74, 6) is 0.818. The van der Waals surface area contributed by atoms with Crippen LogP contribution in [0, 0.1) is 0 Å². The molecule has 0 aliphatic heterocycles. The first kappa shape index (κ1) is 10.5. The minimum absolute atomic E-state index is 0.0435. The molecule has 17 heavy (non-hydrogen) atoms. The largest absolute Gasteiger partial charge is 0.388 e. The highest BCUT2D eigenvalue weighted by atomic mass is 16.3. The van der Waals surface area contributed by atoms with Crippen molar-refractivity contribution < 1.29 is 5.11 Å². The van der Waals surface area contributed by atoms with Crippen LogP contribution >= 0.6 is 0 Å². The van der Waals surface area contributed by atoms with Gasteiger partial charge in [0.2, 0.25) is 0 Å². The maximum atomic E-state index is 10.2. The molecule has 1 fully saturated rings. The summed E-state index contributed by atoms with van der Waals surface area (Å²) in [6, 6.07) is 5.80. The molecule has 0 spiro atoms. The molecule has 2 aromatic heterocycles. The second kappa shape index (κ2) is 3.67. The minimum Gasteiger partial charge on any atom is -0.388 e. The van der Waals surface area contributed by atoms with Crippen molar-refractivity contribution in [3.8, 4) is 11.5 Å². The first-order valence-electron chi connectivity index (χ1n) is 5.87. The Kier molecular flexibility index (Phi) is 2.26. The molecule has 1 atom stereocenters. The van der Waals surface area contributed by atoms with Gasteiger partial charge in [-0.15, -0.1) is 0 Å². The van der Waals surface area contributed by atoms with E-state index in [1.165, 1.54) is 0 Å². The summed E-state index contributed by atoms with van der Waals surface area (Å²) in [7, 11) is 0. The number of pyridine rings is 1. The monoisotopic (exact) mass is 229 g/mol. The zero-order chi connectivity index (χ0) is 11.9. The summed E-state index contributed by atoms with van der Waals surface area (Å²) < 4.78 is 2.01. The maximum absolute atomic E-state index is 10.2. The van der Waals surface area contributed by atoms with Gasteiger partial charge >= 0.3 is 0 Å². The van der Waals surface area contributed by atoms with Gasteiger partial charge in [0.25, 0.3) is 0 Å². The number of hydrogen-bond acceptors (Lipinski definition) is 3. The first-order chi connectivity index (χ1) is 8.21. The lowest BCUT2D eigenvalue weighted by atomic mass is 10.1. The average Bonchev–Trinajstić information content (AvgIpc) is 2.95. The quantitative estimate of drug-likeness (QED) is 0.876. The van der Waals surface area contributed by atoms with Crippen molar-refractivity contribution in [3.63, 3.8) is 0 Å². The number of hydrogen-bond donors (Lipinski definition) is 1. The summed E-state index contributed by atoms with van der Waals surface area (Å²) in [4.78, 5) is 8.64. The number of aliphatic hydroxyl groups is 1. The van der Waals surface area contributed by atoms with E-state index in [-0.39, 0.29) is 6.04 Å². The molecular weight excluding hydrogens is 214 g/mol. The molecular formula is C13H15N3O. The molecule has 2 aromatic rings. The minimum atomic E-state index is -0.551. The van der Waals surface area contributed by atoms with Gasteiger partial charge in [-0.2, -0.15) is 0 Å². The zero-order valence-electron chi connectivity index (χ0n) is 9.74. The Morgan fingerprint density at radius 2 is 2.12 bits per heavy atom. The third-order valence-electron chi connectivity index (χ3n) is 3.52. The van der Waals surface area contributed by atoms with E-state index in [4.69, 9.17) is 0 Å². The molecule has 1 unspecified atom stereocenters. The lowest BCUT2D eigenvalue weighted by Gasteiger charge is -2.21. The Hall–Kier alpha value is -1.68. The molecule has 0 bridgehead atoms. The fraction of sp³-hybridized carbons (Fsp3) is 0.385. The Morgan fingerprint density at radius 1 is 1.29 bits per heavy atom. The Morgan fingerprint density at radius 3 is 2.76 bits per heavy atom. The van der Waals surface area contributed by atoms with E-state index in [0.717, 1.165) is 24.4 Å². The van der Waals surface area contributed by atoms with Crippen LogP contribution in [0.25, 0.3) is 11.5 Å². The van der Waals surface area contributed by atoms with Crippen molar-refractivity contribution in [2.24, 2.45) is 0 Å². The van der Waals surface area contributed by atoms with Crippen LogP contribution in [0.1, 0.15) is 25.8 Å². The molecule has 1 aliphatic rings. The number of aromatic nitrogens is 3. The number of nitrogens with zero attached hydrogens (tertiary/aromatic N) is 3. The summed E-state index contributed by atoms with van der Waals surface area (Å²) in [5, 5.41) is 10.2. The van der Waals surface area contributed by atoms with Gasteiger partial charge < -0.3 is 9.67 Å². The van der Waals surface area contributed by atoms with Gasteiger partial charge in [-0.3, -0.25) is 4.98 Å². The van der Waals surface area contributed by atoms with E-state index in [1.54, 1.807) is 12.4 Å². The molecule has 0 amide bonds. The van der Waals surface area contributed by atoms with Crippen molar-refractivity contribution >= 4 is 0 Å². The second-order valence-electron chi connectivity index (χ2n) is 4.65. The SMILES string of the molecule is CC(n1ccnc1-c1ccccn1)C1(O)CC1. The maximum Gasteiger partial charge on any atom is 0.158 e. The van der Waals surface area contributed by atoms with Crippen molar-refractivity contribution in [3.05, 3.63) is 36.8 Å². The highest BCUT2D eigenvalue weighted by Crippen LogP contribution is 2.45. The lowest BCUT2D eigenvalue weighted by molar-refractivity contribution is 0.0962. The van der Waals surface area contributed by atoms with Gasteiger partial charge in [0.05, 0.1) is 11.6 Å². The third kappa shape index (κ3) is 1.74. The van der Waals surface area contributed by atoms with Gasteiger partial charge in [-0.1, -0.05) is 6.07 Å². The average molecular weight is 229 g/mol. The van der Waals surface area contributed by atoms with E-state index in [0.29, 0.717) is 0 Å². The predicted octanol–water partition coefficient (Wildman–Crippen LogP) is 2.03. The van der Waals surface area contributed by atoms with Crippen LogP contribution in [-0.4, -0.2) is 25.2 Å². The summed E-state index contributed by atoms with van der Waals surface area (Å²) in [5.41, 5.74) is 0.290. The predicted molar refractivity (Wildman–Crippen MR) is 64.4 cm³/mol. The molecule has 3 rings (SSSR count). The topological polar surface area (TPSA) is 50.9 Å². The van der Waals surface area contributed by atoms with Crippen molar-refractivity contribution in [2.75, 3.05) is 0 Å². The molecule has 4 heteroatoms. The van der Waals surface area contributed by atoms with Crippen LogP contribution in [0.15, 0.2) is 36.8 Å². The summed E-state index contributed by atoms with van der Waals surface area (Å²) in [6.07, 6.45) is 7.16. The second-order valence-corrected chi connectivity index (χ2v) is 4.65. The van der Waals surface area contributed by atoms with E-state index >= 15 is 0 Å². The molecule has 1 saturated carbocycles. The lowest BCUT2D eigenvalue weighted by Crippen LogP contribution is -2.23. The third-order valence-corrected chi connectivity index (χ3v) is 3.52. The smallest absolute Gasteiger partial charge is 0.158 e. The molecule has 2 heterocycles. The standard InChI is InChI=1S/C13H15N3O/c1-10(13(17)5-6-13)16-9-8-15-12(16)11-4-2-3-7-14-11/h2-4,7-10,17H,5-6H2,1H3. The molecule has 1 N–H and O–H groups in total. The summed E-state index contributed by atoms with van der Waals surface area (Å²) >= 11 is 0. The van der Waals surface area contributed by atoms with Crippen LogP contribution in [0.5, 0.6) is 0 Å². The molecule has 0 aromatic carbocycles. The molecule has 4 nitrogen and oxygen atoms in total. The van der Waals surface area contributed by atoms with Crippen LogP contribution in [0.3, 0.4) is 0 Å². The van der Waals surface area contributed by atoms with Crippen molar-refractivity contribution in [2.45, 2.75) is 31.4 Å². The molecule has 88 valence electrons. The van der Waals surface area contributed by atoms with E-state index in [9.17, 15) is 5.11 Å². The van der Waals surface area contributed by atoms with E-state index in [1.807, 2.05) is 35.9 Å². The molecule has 1 aliphatic carbocycles. The van der Waals surface area contributed by atoms with Crippen molar-refractivity contribution in [1.29, 1.82) is 0 Å². The molecule has 0 radical (unpaired) electrons. The number of rotatable bonds is 3. The fourth-order valence-electron chi connectivity index (χ4n) is 2.12. The van der Waals surface area contributed by atoms with Crippen LogP contribution in [-0.2, 0) is 0 Å².